The number of amides is 2. The van der Waals surface area contributed by atoms with Crippen LogP contribution in [0.3, 0.4) is 0 Å². The number of hydrogen-bond acceptors (Lipinski definition) is 2. The van der Waals surface area contributed by atoms with E-state index in [4.69, 9.17) is 4.74 Å². The molecule has 0 bridgehead atoms. The van der Waals surface area contributed by atoms with E-state index in [1.165, 1.54) is 5.56 Å². The second-order valence-corrected chi connectivity index (χ2v) is 6.84. The first-order chi connectivity index (χ1) is 13.5. The van der Waals surface area contributed by atoms with Crippen molar-refractivity contribution < 1.29 is 9.53 Å². The maximum Gasteiger partial charge on any atom is 0.319 e. The Labute approximate surface area is 166 Å². The van der Waals surface area contributed by atoms with Crippen molar-refractivity contribution >= 4 is 11.7 Å². The number of anilines is 1. The lowest BCUT2D eigenvalue weighted by Crippen LogP contribution is -2.28. The number of aromatic nitrogens is 1. The molecule has 3 rings (SSSR count). The molecule has 0 unspecified atom stereocenters. The maximum absolute atomic E-state index is 12.3. The smallest absolute Gasteiger partial charge is 0.319 e. The van der Waals surface area contributed by atoms with Crippen molar-refractivity contribution in [3.8, 4) is 11.4 Å². The predicted octanol–water partition coefficient (Wildman–Crippen LogP) is 5.12. The zero-order valence-electron chi connectivity index (χ0n) is 16.9. The average Bonchev–Trinajstić information content (AvgIpc) is 2.95. The molecule has 2 amide bonds. The number of benzene rings is 2. The number of carbonyl (C=O) groups is 1. The van der Waals surface area contributed by atoms with E-state index in [9.17, 15) is 4.79 Å². The third-order valence-corrected chi connectivity index (χ3v) is 4.66. The molecule has 3 aromatic rings. The van der Waals surface area contributed by atoms with Crippen molar-refractivity contribution in [1.82, 2.24) is 9.88 Å². The summed E-state index contributed by atoms with van der Waals surface area (Å²) in [5.74, 6) is 0.789. The molecule has 1 aromatic heterocycles. The van der Waals surface area contributed by atoms with Gasteiger partial charge < -0.3 is 19.9 Å². The van der Waals surface area contributed by atoms with Gasteiger partial charge in [-0.3, -0.25) is 0 Å². The van der Waals surface area contributed by atoms with E-state index in [0.29, 0.717) is 13.2 Å². The first-order valence-corrected chi connectivity index (χ1v) is 9.50. The highest BCUT2D eigenvalue weighted by Crippen LogP contribution is 2.21. The summed E-state index contributed by atoms with van der Waals surface area (Å²) < 4.78 is 7.63. The molecule has 0 radical (unpaired) electrons. The van der Waals surface area contributed by atoms with Gasteiger partial charge in [-0.1, -0.05) is 12.1 Å². The normalized spacial score (nSPS) is 10.6. The SMILES string of the molecule is CCOc1ccc(NC(=O)NCc2cc(C)n(-c3cccc(C)c3)c2C)cc1. The van der Waals surface area contributed by atoms with Crippen LogP contribution in [-0.2, 0) is 6.54 Å². The zero-order chi connectivity index (χ0) is 20.1. The van der Waals surface area contributed by atoms with Gasteiger partial charge in [0.25, 0.3) is 0 Å². The monoisotopic (exact) mass is 377 g/mol. The maximum atomic E-state index is 12.3. The molecule has 0 saturated heterocycles. The molecule has 28 heavy (non-hydrogen) atoms. The molecule has 146 valence electrons. The predicted molar refractivity (Wildman–Crippen MR) is 113 cm³/mol. The first kappa shape index (κ1) is 19.5. The van der Waals surface area contributed by atoms with Crippen LogP contribution in [-0.4, -0.2) is 17.2 Å². The summed E-state index contributed by atoms with van der Waals surface area (Å²) in [6.07, 6.45) is 0. The van der Waals surface area contributed by atoms with Crippen LogP contribution in [0.1, 0.15) is 29.4 Å². The molecular formula is C23H27N3O2. The number of nitrogens with zero attached hydrogens (tertiary/aromatic N) is 1. The van der Waals surface area contributed by atoms with Gasteiger partial charge >= 0.3 is 6.03 Å². The number of rotatable bonds is 6. The van der Waals surface area contributed by atoms with Gasteiger partial charge in [-0.25, -0.2) is 4.79 Å². The third kappa shape index (κ3) is 4.55. The van der Waals surface area contributed by atoms with E-state index in [-0.39, 0.29) is 6.03 Å². The number of hydrogen-bond donors (Lipinski definition) is 2. The minimum absolute atomic E-state index is 0.232. The topological polar surface area (TPSA) is 55.3 Å². The van der Waals surface area contributed by atoms with Gasteiger partial charge in [-0.15, -0.1) is 0 Å². The van der Waals surface area contributed by atoms with E-state index in [1.807, 2.05) is 31.2 Å². The van der Waals surface area contributed by atoms with Gasteiger partial charge in [0.1, 0.15) is 5.75 Å². The number of carbonyl (C=O) groups excluding carboxylic acids is 1. The number of nitrogens with one attached hydrogen (secondary N) is 2. The Balaban J connectivity index is 1.64. The van der Waals surface area contributed by atoms with Crippen LogP contribution in [0, 0.1) is 20.8 Å². The minimum Gasteiger partial charge on any atom is -0.494 e. The third-order valence-electron chi connectivity index (χ3n) is 4.66. The lowest BCUT2D eigenvalue weighted by molar-refractivity contribution is 0.251. The van der Waals surface area contributed by atoms with Crippen LogP contribution in [0.4, 0.5) is 10.5 Å². The molecule has 5 nitrogen and oxygen atoms in total. The van der Waals surface area contributed by atoms with E-state index in [1.54, 1.807) is 0 Å². The molecule has 5 heteroatoms. The minimum atomic E-state index is -0.232. The quantitative estimate of drug-likeness (QED) is 0.626. The standard InChI is InChI=1S/C23H27N3O2/c1-5-28-22-11-9-20(10-12-22)25-23(27)24-15-19-14-17(3)26(18(19)4)21-8-6-7-16(2)13-21/h6-14H,5,15H2,1-4H3,(H2,24,25,27). The lowest BCUT2D eigenvalue weighted by Gasteiger charge is -2.11. The highest BCUT2D eigenvalue weighted by molar-refractivity contribution is 5.89. The zero-order valence-corrected chi connectivity index (χ0v) is 16.9. The van der Waals surface area contributed by atoms with Crippen molar-refractivity contribution in [1.29, 1.82) is 0 Å². The van der Waals surface area contributed by atoms with Crippen LogP contribution in [0.25, 0.3) is 5.69 Å². The Morgan fingerprint density at radius 2 is 1.79 bits per heavy atom. The molecule has 2 aromatic carbocycles. The Bertz CT molecular complexity index is 958. The summed E-state index contributed by atoms with van der Waals surface area (Å²) >= 11 is 0. The van der Waals surface area contributed by atoms with E-state index in [0.717, 1.165) is 34.1 Å². The van der Waals surface area contributed by atoms with E-state index < -0.39 is 0 Å². The van der Waals surface area contributed by atoms with E-state index >= 15 is 0 Å². The van der Waals surface area contributed by atoms with Crippen molar-refractivity contribution in [2.24, 2.45) is 0 Å². The fourth-order valence-corrected chi connectivity index (χ4v) is 3.32. The van der Waals surface area contributed by atoms with Gasteiger partial charge in [0, 0.05) is 29.3 Å². The van der Waals surface area contributed by atoms with Gasteiger partial charge in [0.05, 0.1) is 6.61 Å². The Hall–Kier alpha value is -3.21. The second kappa shape index (κ2) is 8.65. The van der Waals surface area contributed by atoms with Crippen LogP contribution in [0.15, 0.2) is 54.6 Å². The largest absolute Gasteiger partial charge is 0.494 e. The Morgan fingerprint density at radius 3 is 2.46 bits per heavy atom. The summed E-state index contributed by atoms with van der Waals surface area (Å²) in [7, 11) is 0. The molecular weight excluding hydrogens is 350 g/mol. The van der Waals surface area contributed by atoms with Crippen molar-refractivity contribution in [2.45, 2.75) is 34.2 Å². The molecule has 0 aliphatic carbocycles. The van der Waals surface area contributed by atoms with Crippen molar-refractivity contribution in [2.75, 3.05) is 11.9 Å². The van der Waals surface area contributed by atoms with Crippen LogP contribution in [0.5, 0.6) is 5.75 Å². The van der Waals surface area contributed by atoms with Gasteiger partial charge in [-0.2, -0.15) is 0 Å². The molecule has 0 aliphatic heterocycles. The summed E-state index contributed by atoms with van der Waals surface area (Å²) in [4.78, 5) is 12.3. The first-order valence-electron chi connectivity index (χ1n) is 9.50. The molecule has 1 heterocycles. The second-order valence-electron chi connectivity index (χ2n) is 6.84. The van der Waals surface area contributed by atoms with Gasteiger partial charge in [0.15, 0.2) is 0 Å². The summed E-state index contributed by atoms with van der Waals surface area (Å²) in [6.45, 7) is 9.28. The fraction of sp³-hybridized carbons (Fsp3) is 0.261. The van der Waals surface area contributed by atoms with Crippen LogP contribution < -0.4 is 15.4 Å². The molecule has 0 aliphatic rings. The van der Waals surface area contributed by atoms with Gasteiger partial charge in [-0.05, 0) is 81.3 Å². The fourth-order valence-electron chi connectivity index (χ4n) is 3.32. The van der Waals surface area contributed by atoms with Crippen molar-refractivity contribution in [3.05, 3.63) is 77.1 Å². The molecule has 0 saturated carbocycles. The highest BCUT2D eigenvalue weighted by atomic mass is 16.5. The summed E-state index contributed by atoms with van der Waals surface area (Å²) in [6, 6.07) is 17.6. The van der Waals surface area contributed by atoms with Crippen LogP contribution in [0.2, 0.25) is 0 Å². The van der Waals surface area contributed by atoms with Crippen LogP contribution >= 0.6 is 0 Å². The van der Waals surface area contributed by atoms with Gasteiger partial charge in [0.2, 0.25) is 0 Å². The molecule has 0 atom stereocenters. The molecule has 2 N–H and O–H groups in total. The number of ether oxygens (including phenoxy) is 1. The lowest BCUT2D eigenvalue weighted by atomic mass is 10.2. The number of urea groups is 1. The summed E-state index contributed by atoms with van der Waals surface area (Å²) in [5, 5.41) is 5.79. The van der Waals surface area contributed by atoms with Crippen molar-refractivity contribution in [3.63, 3.8) is 0 Å². The Morgan fingerprint density at radius 1 is 1.04 bits per heavy atom. The van der Waals surface area contributed by atoms with E-state index in [2.05, 4.69) is 66.3 Å². The average molecular weight is 377 g/mol. The number of aryl methyl sites for hydroxylation is 2. The Kier molecular flexibility index (Phi) is 6.04. The highest BCUT2D eigenvalue weighted by Gasteiger charge is 2.12. The molecule has 0 spiro atoms. The molecule has 0 fully saturated rings. The summed E-state index contributed by atoms with van der Waals surface area (Å²) in [5.41, 5.74) is 6.46.